The number of rotatable bonds is 5. The van der Waals surface area contributed by atoms with Crippen molar-refractivity contribution in [2.24, 2.45) is 0 Å². The molecule has 0 fully saturated rings. The Hall–Kier alpha value is -3.72. The Morgan fingerprint density at radius 1 is 0.970 bits per heavy atom. The third-order valence-electron chi connectivity index (χ3n) is 5.42. The number of amides is 1. The number of anilines is 1. The standard InChI is InChI=1S/C24H23N7OS/c1-14-9-11-18(12-10-14)30-16(3)22(15(2)28-30)27-21(32)13-33-24-26-20-8-6-5-7-19(20)23-25-17(4)29-31(23)24/h5-12H,13H2,1-4H3,(H,27,32). The van der Waals surface area contributed by atoms with Crippen LogP contribution in [0.1, 0.15) is 22.8 Å². The van der Waals surface area contributed by atoms with Crippen LogP contribution >= 0.6 is 11.8 Å². The molecule has 5 rings (SSSR count). The van der Waals surface area contributed by atoms with E-state index >= 15 is 0 Å². The summed E-state index contributed by atoms with van der Waals surface area (Å²) in [5, 5.41) is 13.7. The number of hydrogen-bond acceptors (Lipinski definition) is 6. The topological polar surface area (TPSA) is 90.0 Å². The van der Waals surface area contributed by atoms with Gasteiger partial charge in [0.15, 0.2) is 10.8 Å². The van der Waals surface area contributed by atoms with Crippen molar-refractivity contribution in [2.75, 3.05) is 11.1 Å². The number of fused-ring (bicyclic) bond motifs is 3. The molecule has 2 aromatic carbocycles. The van der Waals surface area contributed by atoms with Crippen LogP contribution in [0.15, 0.2) is 53.7 Å². The van der Waals surface area contributed by atoms with Gasteiger partial charge < -0.3 is 5.32 Å². The fourth-order valence-corrected chi connectivity index (χ4v) is 4.54. The molecule has 0 saturated heterocycles. The minimum Gasteiger partial charge on any atom is -0.322 e. The highest BCUT2D eigenvalue weighted by molar-refractivity contribution is 7.99. The average molecular weight is 458 g/mol. The van der Waals surface area contributed by atoms with E-state index in [4.69, 9.17) is 4.98 Å². The van der Waals surface area contributed by atoms with Crippen molar-refractivity contribution in [1.82, 2.24) is 29.4 Å². The summed E-state index contributed by atoms with van der Waals surface area (Å²) in [5.74, 6) is 0.720. The Morgan fingerprint density at radius 3 is 2.52 bits per heavy atom. The van der Waals surface area contributed by atoms with E-state index in [1.165, 1.54) is 17.3 Å². The largest absolute Gasteiger partial charge is 0.322 e. The number of aromatic nitrogens is 6. The van der Waals surface area contributed by atoms with Crippen molar-refractivity contribution >= 4 is 39.9 Å². The number of hydrogen-bond donors (Lipinski definition) is 1. The van der Waals surface area contributed by atoms with Crippen LogP contribution in [0.5, 0.6) is 0 Å². The van der Waals surface area contributed by atoms with Crippen molar-refractivity contribution in [2.45, 2.75) is 32.9 Å². The van der Waals surface area contributed by atoms with Gasteiger partial charge in [-0.2, -0.15) is 9.61 Å². The Kier molecular flexibility index (Phi) is 5.33. The van der Waals surface area contributed by atoms with E-state index in [1.807, 2.05) is 80.9 Å². The third-order valence-corrected chi connectivity index (χ3v) is 6.35. The first-order valence-corrected chi connectivity index (χ1v) is 11.6. The van der Waals surface area contributed by atoms with Crippen LogP contribution in [0.4, 0.5) is 5.69 Å². The van der Waals surface area contributed by atoms with Crippen molar-refractivity contribution in [1.29, 1.82) is 0 Å². The second-order valence-corrected chi connectivity index (χ2v) is 8.88. The molecule has 3 heterocycles. The molecule has 8 nitrogen and oxygen atoms in total. The van der Waals surface area contributed by atoms with Gasteiger partial charge in [0.2, 0.25) is 5.91 Å². The van der Waals surface area contributed by atoms with Gasteiger partial charge in [-0.1, -0.05) is 41.6 Å². The van der Waals surface area contributed by atoms with E-state index in [0.29, 0.717) is 11.0 Å². The second-order valence-electron chi connectivity index (χ2n) is 7.94. The van der Waals surface area contributed by atoms with Crippen molar-refractivity contribution in [3.05, 3.63) is 71.3 Å². The lowest BCUT2D eigenvalue weighted by Gasteiger charge is -2.08. The van der Waals surface area contributed by atoms with Gasteiger partial charge in [0.05, 0.1) is 34.0 Å². The maximum Gasteiger partial charge on any atom is 0.234 e. The summed E-state index contributed by atoms with van der Waals surface area (Å²) in [7, 11) is 0. The molecule has 0 radical (unpaired) electrons. The number of nitrogens with one attached hydrogen (secondary N) is 1. The predicted octanol–water partition coefficient (Wildman–Crippen LogP) is 4.43. The molecule has 0 bridgehead atoms. The molecule has 0 saturated carbocycles. The molecule has 1 amide bonds. The zero-order chi connectivity index (χ0) is 23.1. The number of carbonyl (C=O) groups is 1. The number of nitrogens with zero attached hydrogens (tertiary/aromatic N) is 6. The predicted molar refractivity (Wildman–Crippen MR) is 130 cm³/mol. The summed E-state index contributed by atoms with van der Waals surface area (Å²) in [4.78, 5) is 22.1. The summed E-state index contributed by atoms with van der Waals surface area (Å²) in [5.41, 5.74) is 6.09. The highest BCUT2D eigenvalue weighted by atomic mass is 32.2. The van der Waals surface area contributed by atoms with Gasteiger partial charge >= 0.3 is 0 Å². The monoisotopic (exact) mass is 457 g/mol. The van der Waals surface area contributed by atoms with Gasteiger partial charge in [0, 0.05) is 5.39 Å². The van der Waals surface area contributed by atoms with Crippen LogP contribution < -0.4 is 5.32 Å². The summed E-state index contributed by atoms with van der Waals surface area (Å²) >= 11 is 1.33. The lowest BCUT2D eigenvalue weighted by Crippen LogP contribution is -2.16. The Labute approximate surface area is 195 Å². The molecule has 0 unspecified atom stereocenters. The lowest BCUT2D eigenvalue weighted by molar-refractivity contribution is -0.113. The Bertz CT molecular complexity index is 1500. The SMILES string of the molecule is Cc1ccc(-n2nc(C)c(NC(=O)CSc3nc4ccccc4c4nc(C)nn34)c2C)cc1. The molecule has 0 aliphatic heterocycles. The van der Waals surface area contributed by atoms with E-state index < -0.39 is 0 Å². The third kappa shape index (κ3) is 3.95. The minimum absolute atomic E-state index is 0.130. The maximum absolute atomic E-state index is 12.8. The first-order valence-electron chi connectivity index (χ1n) is 10.6. The van der Waals surface area contributed by atoms with Crippen LogP contribution in [0, 0.1) is 27.7 Å². The molecule has 0 aliphatic rings. The first-order chi connectivity index (χ1) is 15.9. The number of benzene rings is 2. The number of thioether (sulfide) groups is 1. The van der Waals surface area contributed by atoms with Crippen molar-refractivity contribution in [3.8, 4) is 5.69 Å². The molecule has 0 aliphatic carbocycles. The Balaban J connectivity index is 1.37. The van der Waals surface area contributed by atoms with Gasteiger partial charge in [-0.15, -0.1) is 5.10 Å². The Morgan fingerprint density at radius 2 is 1.73 bits per heavy atom. The molecule has 0 atom stereocenters. The minimum atomic E-state index is -0.130. The highest BCUT2D eigenvalue weighted by Gasteiger charge is 2.17. The average Bonchev–Trinajstić information content (AvgIpc) is 3.33. The normalized spacial score (nSPS) is 11.4. The van der Waals surface area contributed by atoms with Crippen LogP contribution in [-0.4, -0.2) is 41.0 Å². The molecule has 9 heteroatoms. The molecule has 33 heavy (non-hydrogen) atoms. The lowest BCUT2D eigenvalue weighted by atomic mass is 10.2. The van der Waals surface area contributed by atoms with Crippen LogP contribution in [-0.2, 0) is 4.79 Å². The summed E-state index contributed by atoms with van der Waals surface area (Å²) in [6.45, 7) is 7.75. The summed E-state index contributed by atoms with van der Waals surface area (Å²) in [6.07, 6.45) is 0. The zero-order valence-corrected chi connectivity index (χ0v) is 19.6. The van der Waals surface area contributed by atoms with E-state index in [-0.39, 0.29) is 11.7 Å². The zero-order valence-electron chi connectivity index (χ0n) is 18.8. The summed E-state index contributed by atoms with van der Waals surface area (Å²) < 4.78 is 3.56. The van der Waals surface area contributed by atoms with Crippen molar-refractivity contribution < 1.29 is 4.79 Å². The smallest absolute Gasteiger partial charge is 0.234 e. The summed E-state index contributed by atoms with van der Waals surface area (Å²) in [6, 6.07) is 15.9. The first kappa shape index (κ1) is 21.1. The van der Waals surface area contributed by atoms with E-state index in [2.05, 4.69) is 20.5 Å². The molecular formula is C24H23N7OS. The number of carbonyl (C=O) groups excluding carboxylic acids is 1. The van der Waals surface area contributed by atoms with Gasteiger partial charge in [0.1, 0.15) is 5.82 Å². The fourth-order valence-electron chi connectivity index (χ4n) is 3.79. The van der Waals surface area contributed by atoms with Crippen LogP contribution in [0.2, 0.25) is 0 Å². The van der Waals surface area contributed by atoms with Gasteiger partial charge in [-0.25, -0.2) is 14.6 Å². The van der Waals surface area contributed by atoms with Gasteiger partial charge in [0.25, 0.3) is 0 Å². The fraction of sp³-hybridized carbons (Fsp3) is 0.208. The van der Waals surface area contributed by atoms with E-state index in [9.17, 15) is 4.79 Å². The van der Waals surface area contributed by atoms with E-state index in [1.54, 1.807) is 4.52 Å². The number of aryl methyl sites for hydroxylation is 3. The van der Waals surface area contributed by atoms with Gasteiger partial charge in [-0.3, -0.25) is 4.79 Å². The molecular weight excluding hydrogens is 434 g/mol. The van der Waals surface area contributed by atoms with Crippen LogP contribution in [0.25, 0.3) is 22.2 Å². The van der Waals surface area contributed by atoms with Crippen LogP contribution in [0.3, 0.4) is 0 Å². The molecule has 5 aromatic rings. The van der Waals surface area contributed by atoms with Gasteiger partial charge in [-0.05, 0) is 52.0 Å². The second kappa shape index (κ2) is 8.32. The molecule has 0 spiro atoms. The quantitative estimate of drug-likeness (QED) is 0.310. The molecule has 3 aromatic heterocycles. The van der Waals surface area contributed by atoms with E-state index in [0.717, 1.165) is 39.3 Å². The van der Waals surface area contributed by atoms with Crippen molar-refractivity contribution in [3.63, 3.8) is 0 Å². The molecule has 166 valence electrons. The highest BCUT2D eigenvalue weighted by Crippen LogP contribution is 2.26. The maximum atomic E-state index is 12.8. The molecule has 1 N–H and O–H groups in total. The number of para-hydroxylation sites is 1.